The summed E-state index contributed by atoms with van der Waals surface area (Å²) in [4.78, 5) is 0. The van der Waals surface area contributed by atoms with Gasteiger partial charge in [0.15, 0.2) is 0 Å². The SMILES string of the molecule is CCC1=CCCC(CCc2ccc(F)cc2)C=C1. The molecule has 2 rings (SSSR count). The molecular weight excluding hydrogens is 223 g/mol. The molecule has 1 aliphatic carbocycles. The molecule has 0 aliphatic heterocycles. The second-order valence-corrected chi connectivity index (χ2v) is 4.99. The van der Waals surface area contributed by atoms with Gasteiger partial charge in [0, 0.05) is 0 Å². The topological polar surface area (TPSA) is 0 Å². The van der Waals surface area contributed by atoms with E-state index >= 15 is 0 Å². The van der Waals surface area contributed by atoms with Crippen molar-refractivity contribution in [3.63, 3.8) is 0 Å². The number of benzene rings is 1. The lowest BCUT2D eigenvalue weighted by Gasteiger charge is -2.10. The highest BCUT2D eigenvalue weighted by atomic mass is 19.1. The Morgan fingerprint density at radius 1 is 1.22 bits per heavy atom. The summed E-state index contributed by atoms with van der Waals surface area (Å²) in [5.41, 5.74) is 2.69. The number of aryl methyl sites for hydroxylation is 1. The van der Waals surface area contributed by atoms with E-state index in [0.29, 0.717) is 5.92 Å². The lowest BCUT2D eigenvalue weighted by Crippen LogP contribution is -1.98. The van der Waals surface area contributed by atoms with Gasteiger partial charge in [-0.05, 0) is 55.7 Å². The van der Waals surface area contributed by atoms with Crippen molar-refractivity contribution in [1.82, 2.24) is 0 Å². The largest absolute Gasteiger partial charge is 0.207 e. The summed E-state index contributed by atoms with van der Waals surface area (Å²) in [5, 5.41) is 0. The summed E-state index contributed by atoms with van der Waals surface area (Å²) in [6.45, 7) is 2.20. The first kappa shape index (κ1) is 13.1. The molecule has 0 amide bonds. The van der Waals surface area contributed by atoms with Crippen molar-refractivity contribution in [1.29, 1.82) is 0 Å². The van der Waals surface area contributed by atoms with Gasteiger partial charge < -0.3 is 0 Å². The summed E-state index contributed by atoms with van der Waals surface area (Å²) in [6, 6.07) is 6.89. The molecule has 1 aliphatic rings. The highest BCUT2D eigenvalue weighted by Gasteiger charge is 2.07. The van der Waals surface area contributed by atoms with Crippen LogP contribution in [-0.4, -0.2) is 0 Å². The van der Waals surface area contributed by atoms with Crippen LogP contribution in [0.5, 0.6) is 0 Å². The van der Waals surface area contributed by atoms with Crippen LogP contribution in [0.2, 0.25) is 0 Å². The van der Waals surface area contributed by atoms with Crippen molar-refractivity contribution >= 4 is 0 Å². The Hall–Kier alpha value is -1.37. The van der Waals surface area contributed by atoms with Crippen molar-refractivity contribution in [3.05, 3.63) is 59.4 Å². The predicted octanol–water partition coefficient (Wildman–Crippen LogP) is 5.06. The summed E-state index contributed by atoms with van der Waals surface area (Å²) in [5.74, 6) is 0.514. The van der Waals surface area contributed by atoms with Gasteiger partial charge in [0.2, 0.25) is 0 Å². The molecule has 0 nitrogen and oxygen atoms in total. The standard InChI is InChI=1S/C17H21F/c1-2-14-4-3-5-15(7-6-14)8-9-16-10-12-17(18)13-11-16/h4,6-7,10-13,15H,2-3,5,8-9H2,1H3. The molecule has 0 aromatic heterocycles. The minimum atomic E-state index is -0.148. The molecule has 0 saturated carbocycles. The third-order valence-corrected chi connectivity index (χ3v) is 3.65. The summed E-state index contributed by atoms with van der Waals surface area (Å²) in [7, 11) is 0. The molecule has 1 aromatic rings. The molecular formula is C17H21F. The Morgan fingerprint density at radius 3 is 2.72 bits per heavy atom. The molecule has 0 saturated heterocycles. The van der Waals surface area contributed by atoms with Crippen LogP contribution in [0.4, 0.5) is 4.39 Å². The molecule has 1 heteroatoms. The highest BCUT2D eigenvalue weighted by Crippen LogP contribution is 2.22. The molecule has 0 heterocycles. The van der Waals surface area contributed by atoms with Crippen LogP contribution < -0.4 is 0 Å². The van der Waals surface area contributed by atoms with Crippen LogP contribution in [0, 0.1) is 11.7 Å². The fourth-order valence-electron chi connectivity index (χ4n) is 2.41. The second-order valence-electron chi connectivity index (χ2n) is 4.99. The Bertz CT molecular complexity index is 425. The number of hydrogen-bond acceptors (Lipinski definition) is 0. The average Bonchev–Trinajstić information content (AvgIpc) is 2.63. The Kier molecular flexibility index (Phi) is 4.74. The monoisotopic (exact) mass is 244 g/mol. The lowest BCUT2D eigenvalue weighted by atomic mass is 9.95. The molecule has 1 aromatic carbocycles. The summed E-state index contributed by atoms with van der Waals surface area (Å²) < 4.78 is 12.8. The van der Waals surface area contributed by atoms with E-state index in [9.17, 15) is 4.39 Å². The molecule has 0 bridgehead atoms. The minimum Gasteiger partial charge on any atom is -0.207 e. The first-order valence-electron chi connectivity index (χ1n) is 6.89. The van der Waals surface area contributed by atoms with E-state index in [0.717, 1.165) is 19.3 Å². The van der Waals surface area contributed by atoms with E-state index in [-0.39, 0.29) is 5.82 Å². The molecule has 96 valence electrons. The van der Waals surface area contributed by atoms with Crippen LogP contribution in [-0.2, 0) is 6.42 Å². The predicted molar refractivity (Wildman–Crippen MR) is 75.0 cm³/mol. The van der Waals surface area contributed by atoms with Gasteiger partial charge in [-0.15, -0.1) is 0 Å². The fraction of sp³-hybridized carbons (Fsp3) is 0.412. The molecule has 0 radical (unpaired) electrons. The van der Waals surface area contributed by atoms with Gasteiger partial charge in [-0.1, -0.05) is 42.9 Å². The second kappa shape index (κ2) is 6.53. The smallest absolute Gasteiger partial charge is 0.123 e. The molecule has 0 fully saturated rings. The number of allylic oxidation sites excluding steroid dienone is 4. The van der Waals surface area contributed by atoms with Gasteiger partial charge >= 0.3 is 0 Å². The van der Waals surface area contributed by atoms with E-state index in [1.165, 1.54) is 24.0 Å². The normalized spacial score (nSPS) is 19.4. The van der Waals surface area contributed by atoms with Crippen LogP contribution in [0.1, 0.15) is 38.2 Å². The van der Waals surface area contributed by atoms with Crippen molar-refractivity contribution in [2.75, 3.05) is 0 Å². The molecule has 1 atom stereocenters. The number of rotatable bonds is 4. The van der Waals surface area contributed by atoms with Crippen LogP contribution >= 0.6 is 0 Å². The Balaban J connectivity index is 1.86. The van der Waals surface area contributed by atoms with Crippen LogP contribution in [0.15, 0.2) is 48.1 Å². The third kappa shape index (κ3) is 3.83. The van der Waals surface area contributed by atoms with Gasteiger partial charge in [-0.25, -0.2) is 4.39 Å². The lowest BCUT2D eigenvalue weighted by molar-refractivity contribution is 0.552. The molecule has 0 spiro atoms. The first-order valence-corrected chi connectivity index (χ1v) is 6.89. The number of halogens is 1. The zero-order valence-electron chi connectivity index (χ0n) is 11.0. The van der Waals surface area contributed by atoms with E-state index < -0.39 is 0 Å². The van der Waals surface area contributed by atoms with Crippen molar-refractivity contribution < 1.29 is 4.39 Å². The number of hydrogen-bond donors (Lipinski definition) is 0. The van der Waals surface area contributed by atoms with Crippen LogP contribution in [0.25, 0.3) is 0 Å². The molecule has 1 unspecified atom stereocenters. The van der Waals surface area contributed by atoms with E-state index in [2.05, 4.69) is 25.2 Å². The van der Waals surface area contributed by atoms with Gasteiger partial charge in [-0.2, -0.15) is 0 Å². The van der Waals surface area contributed by atoms with Crippen molar-refractivity contribution in [2.45, 2.75) is 39.0 Å². The minimum absolute atomic E-state index is 0.148. The van der Waals surface area contributed by atoms with Gasteiger partial charge in [0.1, 0.15) is 5.82 Å². The van der Waals surface area contributed by atoms with Crippen molar-refractivity contribution in [2.24, 2.45) is 5.92 Å². The Morgan fingerprint density at radius 2 is 2.00 bits per heavy atom. The third-order valence-electron chi connectivity index (χ3n) is 3.65. The quantitative estimate of drug-likeness (QED) is 0.694. The van der Waals surface area contributed by atoms with Gasteiger partial charge in [-0.3, -0.25) is 0 Å². The van der Waals surface area contributed by atoms with E-state index in [1.807, 2.05) is 12.1 Å². The van der Waals surface area contributed by atoms with E-state index in [1.54, 1.807) is 12.1 Å². The van der Waals surface area contributed by atoms with Gasteiger partial charge in [0.05, 0.1) is 0 Å². The summed E-state index contributed by atoms with van der Waals surface area (Å²) in [6.07, 6.45) is 12.7. The van der Waals surface area contributed by atoms with Crippen molar-refractivity contribution in [3.8, 4) is 0 Å². The Labute approximate surface area is 109 Å². The zero-order valence-corrected chi connectivity index (χ0v) is 11.0. The maximum atomic E-state index is 12.8. The maximum Gasteiger partial charge on any atom is 0.123 e. The van der Waals surface area contributed by atoms with E-state index in [4.69, 9.17) is 0 Å². The average molecular weight is 244 g/mol. The fourth-order valence-corrected chi connectivity index (χ4v) is 2.41. The summed E-state index contributed by atoms with van der Waals surface area (Å²) >= 11 is 0. The van der Waals surface area contributed by atoms with Gasteiger partial charge in [0.25, 0.3) is 0 Å². The molecule has 18 heavy (non-hydrogen) atoms. The molecule has 0 N–H and O–H groups in total. The van der Waals surface area contributed by atoms with Crippen LogP contribution in [0.3, 0.4) is 0 Å². The first-order chi connectivity index (χ1) is 8.78. The maximum absolute atomic E-state index is 12.8. The highest BCUT2D eigenvalue weighted by molar-refractivity contribution is 5.21. The zero-order chi connectivity index (χ0) is 12.8.